The molecule has 1 aromatic carbocycles. The molecule has 5 nitrogen and oxygen atoms in total. The lowest BCUT2D eigenvalue weighted by molar-refractivity contribution is 0.0691. The van der Waals surface area contributed by atoms with Gasteiger partial charge in [0, 0.05) is 5.39 Å². The number of nitrogens with one attached hydrogen (secondary N) is 1. The fourth-order valence-corrected chi connectivity index (χ4v) is 1.38. The first-order valence-electron chi connectivity index (χ1n) is 4.25. The molecular weight excluding hydrogens is 196 g/mol. The number of para-hydroxylation sites is 1. The number of hydrogen-bond donors (Lipinski definition) is 3. The zero-order chi connectivity index (χ0) is 10.8. The van der Waals surface area contributed by atoms with E-state index in [1.165, 1.54) is 6.07 Å². The molecule has 0 aliphatic carbocycles. The number of anilines is 1. The van der Waals surface area contributed by atoms with Crippen LogP contribution in [0, 0.1) is 0 Å². The van der Waals surface area contributed by atoms with Crippen LogP contribution in [0.4, 0.5) is 5.69 Å². The first-order chi connectivity index (χ1) is 7.22. The standard InChI is InChI=1S/C10H8N2O3/c13-10(14)9-5-8(12-15)6-3-1-2-4-7(6)11-9/h1-5,15H,(H,11,12)(H,13,14). The monoisotopic (exact) mass is 204 g/mol. The van der Waals surface area contributed by atoms with E-state index in [0.29, 0.717) is 16.6 Å². The summed E-state index contributed by atoms with van der Waals surface area (Å²) in [5.74, 6) is -1.13. The minimum absolute atomic E-state index is 0.106. The van der Waals surface area contributed by atoms with Crippen molar-refractivity contribution in [1.29, 1.82) is 0 Å². The van der Waals surface area contributed by atoms with Crippen molar-refractivity contribution in [1.82, 2.24) is 4.98 Å². The highest BCUT2D eigenvalue weighted by atomic mass is 16.5. The van der Waals surface area contributed by atoms with Crippen LogP contribution in [0.15, 0.2) is 30.3 Å². The first-order valence-corrected chi connectivity index (χ1v) is 4.25. The van der Waals surface area contributed by atoms with Gasteiger partial charge in [-0.3, -0.25) is 10.7 Å². The molecule has 1 heterocycles. The zero-order valence-corrected chi connectivity index (χ0v) is 7.64. The van der Waals surface area contributed by atoms with Crippen LogP contribution in [0.5, 0.6) is 0 Å². The largest absolute Gasteiger partial charge is 0.477 e. The summed E-state index contributed by atoms with van der Waals surface area (Å²) in [5.41, 5.74) is 2.71. The third kappa shape index (κ3) is 1.60. The molecule has 0 radical (unpaired) electrons. The van der Waals surface area contributed by atoms with Gasteiger partial charge < -0.3 is 5.11 Å². The van der Waals surface area contributed by atoms with Crippen molar-refractivity contribution in [3.8, 4) is 0 Å². The second kappa shape index (κ2) is 3.55. The minimum atomic E-state index is -1.13. The van der Waals surface area contributed by atoms with E-state index in [4.69, 9.17) is 10.3 Å². The number of carboxylic acids is 1. The molecule has 1 aromatic heterocycles. The van der Waals surface area contributed by atoms with Gasteiger partial charge in [-0.1, -0.05) is 18.2 Å². The Morgan fingerprint density at radius 2 is 2.07 bits per heavy atom. The van der Waals surface area contributed by atoms with Crippen LogP contribution in [0.1, 0.15) is 10.5 Å². The molecule has 0 unspecified atom stereocenters. The average Bonchev–Trinajstić information content (AvgIpc) is 2.27. The van der Waals surface area contributed by atoms with Crippen molar-refractivity contribution in [3.63, 3.8) is 0 Å². The zero-order valence-electron chi connectivity index (χ0n) is 7.64. The van der Waals surface area contributed by atoms with E-state index in [-0.39, 0.29) is 5.69 Å². The Hall–Kier alpha value is -2.14. The van der Waals surface area contributed by atoms with Crippen LogP contribution in [0.25, 0.3) is 10.9 Å². The van der Waals surface area contributed by atoms with Gasteiger partial charge in [0.1, 0.15) is 0 Å². The first kappa shape index (κ1) is 9.42. The number of aromatic nitrogens is 1. The Bertz CT molecular complexity index is 525. The number of aromatic carboxylic acids is 1. The summed E-state index contributed by atoms with van der Waals surface area (Å²) in [5, 5.41) is 18.3. The van der Waals surface area contributed by atoms with Gasteiger partial charge in [0.15, 0.2) is 5.69 Å². The topological polar surface area (TPSA) is 82.5 Å². The van der Waals surface area contributed by atoms with Crippen molar-refractivity contribution < 1.29 is 15.1 Å². The van der Waals surface area contributed by atoms with Gasteiger partial charge in [-0.25, -0.2) is 9.78 Å². The van der Waals surface area contributed by atoms with Gasteiger partial charge in [0.05, 0.1) is 11.2 Å². The molecule has 76 valence electrons. The van der Waals surface area contributed by atoms with E-state index < -0.39 is 5.97 Å². The third-order valence-corrected chi connectivity index (χ3v) is 2.06. The van der Waals surface area contributed by atoms with Gasteiger partial charge in [0.25, 0.3) is 0 Å². The number of hydrogen-bond acceptors (Lipinski definition) is 4. The molecule has 0 aliphatic rings. The highest BCUT2D eigenvalue weighted by Gasteiger charge is 2.09. The molecule has 3 N–H and O–H groups in total. The number of pyridine rings is 1. The Kier molecular flexibility index (Phi) is 2.23. The fraction of sp³-hybridized carbons (Fsp3) is 0. The van der Waals surface area contributed by atoms with Crippen molar-refractivity contribution >= 4 is 22.6 Å². The molecule has 0 saturated heterocycles. The molecule has 0 amide bonds. The summed E-state index contributed by atoms with van der Waals surface area (Å²) in [7, 11) is 0. The predicted octanol–water partition coefficient (Wildman–Crippen LogP) is 1.73. The van der Waals surface area contributed by atoms with Crippen LogP contribution in [0.3, 0.4) is 0 Å². The Morgan fingerprint density at radius 1 is 1.33 bits per heavy atom. The van der Waals surface area contributed by atoms with Gasteiger partial charge in [-0.2, -0.15) is 0 Å². The van der Waals surface area contributed by atoms with Crippen LogP contribution in [0.2, 0.25) is 0 Å². The van der Waals surface area contributed by atoms with E-state index in [2.05, 4.69) is 4.98 Å². The SMILES string of the molecule is O=C(O)c1cc(NO)c2ccccc2n1. The summed E-state index contributed by atoms with van der Waals surface area (Å²) in [6.07, 6.45) is 0. The van der Waals surface area contributed by atoms with E-state index >= 15 is 0 Å². The van der Waals surface area contributed by atoms with E-state index in [1.807, 2.05) is 5.48 Å². The highest BCUT2D eigenvalue weighted by Crippen LogP contribution is 2.22. The fourth-order valence-electron chi connectivity index (χ4n) is 1.38. The van der Waals surface area contributed by atoms with Gasteiger partial charge in [-0.05, 0) is 12.1 Å². The predicted molar refractivity (Wildman–Crippen MR) is 54.1 cm³/mol. The maximum absolute atomic E-state index is 10.7. The summed E-state index contributed by atoms with van der Waals surface area (Å²) >= 11 is 0. The van der Waals surface area contributed by atoms with Crippen LogP contribution < -0.4 is 5.48 Å². The smallest absolute Gasteiger partial charge is 0.354 e. The van der Waals surface area contributed by atoms with Crippen molar-refractivity contribution in [2.45, 2.75) is 0 Å². The van der Waals surface area contributed by atoms with Gasteiger partial charge in [-0.15, -0.1) is 0 Å². The molecular formula is C10H8N2O3. The molecule has 5 heteroatoms. The second-order valence-electron chi connectivity index (χ2n) is 2.99. The molecule has 0 aliphatic heterocycles. The summed E-state index contributed by atoms with van der Waals surface area (Å²) in [6.45, 7) is 0. The lowest BCUT2D eigenvalue weighted by Crippen LogP contribution is -2.02. The van der Waals surface area contributed by atoms with E-state index in [0.717, 1.165) is 0 Å². The van der Waals surface area contributed by atoms with Crippen molar-refractivity contribution in [2.24, 2.45) is 0 Å². The third-order valence-electron chi connectivity index (χ3n) is 2.06. The van der Waals surface area contributed by atoms with Crippen molar-refractivity contribution in [3.05, 3.63) is 36.0 Å². The minimum Gasteiger partial charge on any atom is -0.477 e. The lowest BCUT2D eigenvalue weighted by atomic mass is 10.1. The normalized spacial score (nSPS) is 10.2. The Labute approximate surface area is 85.0 Å². The average molecular weight is 204 g/mol. The maximum atomic E-state index is 10.7. The number of nitrogens with zero attached hydrogens (tertiary/aromatic N) is 1. The number of carbonyl (C=O) groups is 1. The molecule has 2 rings (SSSR count). The molecule has 0 saturated carbocycles. The van der Waals surface area contributed by atoms with E-state index in [9.17, 15) is 4.79 Å². The van der Waals surface area contributed by atoms with Crippen LogP contribution >= 0.6 is 0 Å². The van der Waals surface area contributed by atoms with Crippen molar-refractivity contribution in [2.75, 3.05) is 5.48 Å². The molecule has 0 spiro atoms. The molecule has 0 bridgehead atoms. The maximum Gasteiger partial charge on any atom is 0.354 e. The molecule has 0 atom stereocenters. The molecule has 15 heavy (non-hydrogen) atoms. The molecule has 2 aromatic rings. The number of benzene rings is 1. The second-order valence-corrected chi connectivity index (χ2v) is 2.99. The number of fused-ring (bicyclic) bond motifs is 1. The Balaban J connectivity index is 2.77. The quantitative estimate of drug-likeness (QED) is 0.649. The highest BCUT2D eigenvalue weighted by molar-refractivity contribution is 5.96. The number of rotatable bonds is 2. The van der Waals surface area contributed by atoms with Gasteiger partial charge >= 0.3 is 5.97 Å². The molecule has 0 fully saturated rings. The summed E-state index contributed by atoms with van der Waals surface area (Å²) < 4.78 is 0. The lowest BCUT2D eigenvalue weighted by Gasteiger charge is -2.05. The summed E-state index contributed by atoms with van der Waals surface area (Å²) in [4.78, 5) is 14.7. The van der Waals surface area contributed by atoms with Gasteiger partial charge in [0.2, 0.25) is 0 Å². The van der Waals surface area contributed by atoms with Crippen LogP contribution in [-0.2, 0) is 0 Å². The Morgan fingerprint density at radius 3 is 2.73 bits per heavy atom. The van der Waals surface area contributed by atoms with Crippen LogP contribution in [-0.4, -0.2) is 21.3 Å². The number of carboxylic acid groups (broad SMARTS) is 1. The summed E-state index contributed by atoms with van der Waals surface area (Å²) in [6, 6.07) is 8.24. The van der Waals surface area contributed by atoms with E-state index in [1.54, 1.807) is 24.3 Å².